The molecule has 100 valence electrons. The summed E-state index contributed by atoms with van der Waals surface area (Å²) in [5.41, 5.74) is 2.78. The van der Waals surface area contributed by atoms with Crippen LogP contribution in [-0.2, 0) is 6.61 Å². The van der Waals surface area contributed by atoms with Gasteiger partial charge in [-0.2, -0.15) is 0 Å². The molecule has 19 heavy (non-hydrogen) atoms. The van der Waals surface area contributed by atoms with E-state index in [0.717, 1.165) is 5.56 Å². The van der Waals surface area contributed by atoms with Crippen molar-refractivity contribution in [1.82, 2.24) is 10.6 Å². The highest BCUT2D eigenvalue weighted by Gasteiger charge is 2.12. The van der Waals surface area contributed by atoms with Crippen molar-refractivity contribution < 1.29 is 18.4 Å². The van der Waals surface area contributed by atoms with Gasteiger partial charge in [-0.3, -0.25) is 10.2 Å². The largest absolute Gasteiger partial charge is 0.485 e. The second-order valence-electron chi connectivity index (χ2n) is 3.85. The average Bonchev–Trinajstić information content (AvgIpc) is 2.88. The van der Waals surface area contributed by atoms with Crippen molar-refractivity contribution in [3.05, 3.63) is 47.1 Å². The van der Waals surface area contributed by atoms with Crippen LogP contribution in [0.1, 0.15) is 21.8 Å². The van der Waals surface area contributed by atoms with Crippen LogP contribution in [-0.4, -0.2) is 11.1 Å². The van der Waals surface area contributed by atoms with Crippen molar-refractivity contribution in [2.24, 2.45) is 5.84 Å². The van der Waals surface area contributed by atoms with Crippen LogP contribution in [0.4, 0.5) is 4.39 Å². The number of halogens is 1. The van der Waals surface area contributed by atoms with Crippen LogP contribution in [0.3, 0.4) is 0 Å². The summed E-state index contributed by atoms with van der Waals surface area (Å²) in [7, 11) is 0. The van der Waals surface area contributed by atoms with Gasteiger partial charge in [-0.1, -0.05) is 11.2 Å². The van der Waals surface area contributed by atoms with Gasteiger partial charge in [0, 0.05) is 12.1 Å². The van der Waals surface area contributed by atoms with Gasteiger partial charge in [0.05, 0.1) is 0 Å². The highest BCUT2D eigenvalue weighted by Crippen LogP contribution is 2.20. The minimum atomic E-state index is -0.558. The molecule has 1 heterocycles. The first-order valence-electron chi connectivity index (χ1n) is 5.45. The number of nitrogens with zero attached hydrogens (tertiary/aromatic N) is 1. The van der Waals surface area contributed by atoms with Crippen molar-refractivity contribution in [3.63, 3.8) is 0 Å². The highest BCUT2D eigenvalue weighted by molar-refractivity contribution is 5.91. The van der Waals surface area contributed by atoms with Gasteiger partial charge in [0.1, 0.15) is 18.2 Å². The molecular formula is C12H12FN3O3. The van der Waals surface area contributed by atoms with Gasteiger partial charge in [-0.15, -0.1) is 0 Å². The molecule has 6 nitrogen and oxygen atoms in total. The number of ether oxygens (including phenoxy) is 1. The zero-order valence-electron chi connectivity index (χ0n) is 10.1. The summed E-state index contributed by atoms with van der Waals surface area (Å²) >= 11 is 0. The number of aromatic nitrogens is 1. The van der Waals surface area contributed by atoms with E-state index in [-0.39, 0.29) is 18.1 Å². The molecule has 0 atom stereocenters. The second-order valence-corrected chi connectivity index (χ2v) is 3.85. The Morgan fingerprint density at radius 1 is 1.53 bits per heavy atom. The minimum Gasteiger partial charge on any atom is -0.485 e. The fraction of sp³-hybridized carbons (Fsp3) is 0.167. The number of aryl methyl sites for hydroxylation is 1. The SMILES string of the molecule is Cc1ccc(F)cc1OCc1cc(C(=O)NN)no1. The number of hydrogen-bond donors (Lipinski definition) is 2. The van der Waals surface area contributed by atoms with E-state index < -0.39 is 5.91 Å². The molecule has 2 rings (SSSR count). The molecule has 0 unspecified atom stereocenters. The lowest BCUT2D eigenvalue weighted by molar-refractivity contribution is 0.0944. The predicted molar refractivity (Wildman–Crippen MR) is 63.6 cm³/mol. The number of nitrogens with two attached hydrogens (primary N) is 1. The smallest absolute Gasteiger partial charge is 0.287 e. The number of hydrogen-bond acceptors (Lipinski definition) is 5. The standard InChI is InChI=1S/C12H12FN3O3/c1-7-2-3-8(13)4-11(7)18-6-9-5-10(16-19-9)12(17)15-14/h2-5H,6,14H2,1H3,(H,15,17). The zero-order chi connectivity index (χ0) is 13.8. The first kappa shape index (κ1) is 13.0. The number of nitrogens with one attached hydrogen (secondary N) is 1. The molecule has 0 saturated carbocycles. The van der Waals surface area contributed by atoms with Crippen molar-refractivity contribution in [2.75, 3.05) is 0 Å². The molecule has 1 amide bonds. The summed E-state index contributed by atoms with van der Waals surface area (Å²) in [4.78, 5) is 11.2. The molecular weight excluding hydrogens is 253 g/mol. The van der Waals surface area contributed by atoms with Crippen molar-refractivity contribution in [1.29, 1.82) is 0 Å². The first-order chi connectivity index (χ1) is 9.10. The average molecular weight is 265 g/mol. The normalized spacial score (nSPS) is 10.3. The molecule has 0 fully saturated rings. The zero-order valence-corrected chi connectivity index (χ0v) is 10.1. The summed E-state index contributed by atoms with van der Waals surface area (Å²) in [6, 6.07) is 5.63. The maximum absolute atomic E-state index is 13.0. The minimum absolute atomic E-state index is 0.0368. The Morgan fingerprint density at radius 2 is 2.32 bits per heavy atom. The molecule has 1 aromatic heterocycles. The topological polar surface area (TPSA) is 90.4 Å². The van der Waals surface area contributed by atoms with Gasteiger partial charge >= 0.3 is 0 Å². The van der Waals surface area contributed by atoms with Crippen LogP contribution >= 0.6 is 0 Å². The Labute approximate surface area is 108 Å². The first-order valence-corrected chi connectivity index (χ1v) is 5.45. The van der Waals surface area contributed by atoms with Gasteiger partial charge in [0.2, 0.25) is 0 Å². The van der Waals surface area contributed by atoms with Crippen LogP contribution < -0.4 is 16.0 Å². The van der Waals surface area contributed by atoms with Crippen LogP contribution in [0.2, 0.25) is 0 Å². The van der Waals surface area contributed by atoms with E-state index in [1.807, 2.05) is 5.43 Å². The number of carbonyl (C=O) groups is 1. The molecule has 7 heteroatoms. The fourth-order valence-corrected chi connectivity index (χ4v) is 1.44. The quantitative estimate of drug-likeness (QED) is 0.494. The molecule has 1 aromatic carbocycles. The second kappa shape index (κ2) is 5.49. The molecule has 0 spiro atoms. The van der Waals surface area contributed by atoms with Gasteiger partial charge in [-0.05, 0) is 18.6 Å². The number of amides is 1. The molecule has 0 bridgehead atoms. The molecule has 0 aliphatic heterocycles. The summed E-state index contributed by atoms with van der Waals surface area (Å²) in [5, 5.41) is 3.52. The lowest BCUT2D eigenvalue weighted by Gasteiger charge is -2.06. The Kier molecular flexibility index (Phi) is 3.76. The van der Waals surface area contributed by atoms with Crippen molar-refractivity contribution >= 4 is 5.91 Å². The Bertz CT molecular complexity index is 598. The fourth-order valence-electron chi connectivity index (χ4n) is 1.44. The molecule has 0 aliphatic carbocycles. The third kappa shape index (κ3) is 3.08. The van der Waals surface area contributed by atoms with Gasteiger partial charge in [-0.25, -0.2) is 10.2 Å². The van der Waals surface area contributed by atoms with E-state index in [1.54, 1.807) is 13.0 Å². The van der Waals surface area contributed by atoms with E-state index >= 15 is 0 Å². The maximum Gasteiger partial charge on any atom is 0.287 e. The van der Waals surface area contributed by atoms with Crippen LogP contribution in [0.15, 0.2) is 28.8 Å². The molecule has 0 aliphatic rings. The summed E-state index contributed by atoms with van der Waals surface area (Å²) in [6.45, 7) is 1.83. The number of rotatable bonds is 4. The number of nitrogen functional groups attached to an aromatic ring is 1. The van der Waals surface area contributed by atoms with E-state index in [2.05, 4.69) is 5.16 Å². The van der Waals surface area contributed by atoms with Gasteiger partial charge < -0.3 is 9.26 Å². The van der Waals surface area contributed by atoms with Gasteiger partial charge in [0.25, 0.3) is 5.91 Å². The number of benzene rings is 1. The summed E-state index contributed by atoms with van der Waals surface area (Å²) in [6.07, 6.45) is 0. The maximum atomic E-state index is 13.0. The summed E-state index contributed by atoms with van der Waals surface area (Å²) in [5.74, 6) is 4.75. The van der Waals surface area contributed by atoms with Crippen LogP contribution in [0.5, 0.6) is 5.75 Å². The highest BCUT2D eigenvalue weighted by atomic mass is 19.1. The van der Waals surface area contributed by atoms with Crippen LogP contribution in [0, 0.1) is 12.7 Å². The lowest BCUT2D eigenvalue weighted by atomic mass is 10.2. The Morgan fingerprint density at radius 3 is 3.05 bits per heavy atom. The van der Waals surface area contributed by atoms with Crippen molar-refractivity contribution in [3.8, 4) is 5.75 Å². The molecule has 2 aromatic rings. The third-order valence-corrected chi connectivity index (χ3v) is 2.44. The number of hydrazine groups is 1. The Hall–Kier alpha value is -2.41. The number of carbonyl (C=O) groups excluding carboxylic acids is 1. The van der Waals surface area contributed by atoms with E-state index in [1.165, 1.54) is 18.2 Å². The predicted octanol–water partition coefficient (Wildman–Crippen LogP) is 1.30. The Balaban J connectivity index is 2.04. The summed E-state index contributed by atoms with van der Waals surface area (Å²) < 4.78 is 23.3. The third-order valence-electron chi connectivity index (χ3n) is 2.44. The van der Waals surface area contributed by atoms with Gasteiger partial charge in [0.15, 0.2) is 11.5 Å². The van der Waals surface area contributed by atoms with E-state index in [4.69, 9.17) is 15.1 Å². The van der Waals surface area contributed by atoms with Crippen molar-refractivity contribution in [2.45, 2.75) is 13.5 Å². The monoisotopic (exact) mass is 265 g/mol. The van der Waals surface area contributed by atoms with Crippen LogP contribution in [0.25, 0.3) is 0 Å². The lowest BCUT2D eigenvalue weighted by Crippen LogP contribution is -2.30. The van der Waals surface area contributed by atoms with E-state index in [0.29, 0.717) is 11.5 Å². The molecule has 0 saturated heterocycles. The molecule has 3 N–H and O–H groups in total. The van der Waals surface area contributed by atoms with E-state index in [9.17, 15) is 9.18 Å². The molecule has 0 radical (unpaired) electrons.